The highest BCUT2D eigenvalue weighted by molar-refractivity contribution is 7.89. The third-order valence-corrected chi connectivity index (χ3v) is 8.62. The molecule has 0 spiro atoms. The fraction of sp³-hybridized carbons (Fsp3) is 0.320. The Kier molecular flexibility index (Phi) is 7.25. The summed E-state index contributed by atoms with van der Waals surface area (Å²) >= 11 is 1.38. The van der Waals surface area contributed by atoms with Gasteiger partial charge in [0.15, 0.2) is 10.9 Å². The molecular formula is C25H27N3O4S2. The highest BCUT2D eigenvalue weighted by atomic mass is 32.2. The minimum Gasteiger partial charge on any atom is -0.302 e. The third-order valence-electron chi connectivity index (χ3n) is 5.99. The highest BCUT2D eigenvalue weighted by Crippen LogP contribution is 2.30. The smallest absolute Gasteiger partial charge is 0.242 e. The number of sulfonamides is 1. The Morgan fingerprint density at radius 2 is 1.82 bits per heavy atom. The number of Topliss-reactive ketones (excluding diaryl/α,β-unsaturated/α-hetero) is 1. The largest absolute Gasteiger partial charge is 0.302 e. The van der Waals surface area contributed by atoms with Gasteiger partial charge in [0.1, 0.15) is 0 Å². The normalized spacial score (nSPS) is 13.1. The predicted molar refractivity (Wildman–Crippen MR) is 134 cm³/mol. The molecule has 1 amide bonds. The number of benzene rings is 2. The first-order chi connectivity index (χ1) is 16.2. The first-order valence-electron chi connectivity index (χ1n) is 11.2. The van der Waals surface area contributed by atoms with Crippen molar-refractivity contribution in [2.45, 2.75) is 43.9 Å². The van der Waals surface area contributed by atoms with E-state index in [9.17, 15) is 18.0 Å². The number of fused-ring (bicyclic) bond motifs is 1. The molecule has 34 heavy (non-hydrogen) atoms. The van der Waals surface area contributed by atoms with Gasteiger partial charge in [-0.25, -0.2) is 17.7 Å². The number of carbonyl (C=O) groups is 2. The van der Waals surface area contributed by atoms with Gasteiger partial charge in [0.2, 0.25) is 15.9 Å². The minimum atomic E-state index is -3.69. The summed E-state index contributed by atoms with van der Waals surface area (Å²) in [5.74, 6) is -0.325. The standard InChI is InChI=1S/C25H27N3O4S2/c1-17(29)18-10-12-22(13-11-18)34(31,32)28(2)14-4-7-24(30)27-25-26-23(16-33-25)21-9-8-19-5-3-6-20(19)15-21/h8-13,15-16H,3-7,14H2,1-2H3,(H,26,27,30). The van der Waals surface area contributed by atoms with Crippen molar-refractivity contribution in [2.24, 2.45) is 0 Å². The van der Waals surface area contributed by atoms with Gasteiger partial charge >= 0.3 is 0 Å². The molecule has 0 unspecified atom stereocenters. The molecule has 1 aliphatic rings. The van der Waals surface area contributed by atoms with E-state index >= 15 is 0 Å². The van der Waals surface area contributed by atoms with Crippen LogP contribution in [0.4, 0.5) is 5.13 Å². The molecule has 0 saturated carbocycles. The Morgan fingerprint density at radius 1 is 1.09 bits per heavy atom. The van der Waals surface area contributed by atoms with E-state index in [0.29, 0.717) is 17.1 Å². The van der Waals surface area contributed by atoms with Gasteiger partial charge in [-0.1, -0.05) is 24.3 Å². The summed E-state index contributed by atoms with van der Waals surface area (Å²) < 4.78 is 26.7. The van der Waals surface area contributed by atoms with Crippen LogP contribution in [0.5, 0.6) is 0 Å². The Bertz CT molecular complexity index is 1310. The quantitative estimate of drug-likeness (QED) is 0.438. The van der Waals surface area contributed by atoms with Crippen molar-refractivity contribution in [3.63, 3.8) is 0 Å². The Hall–Kier alpha value is -2.88. The molecule has 9 heteroatoms. The molecular weight excluding hydrogens is 470 g/mol. The van der Waals surface area contributed by atoms with Crippen LogP contribution in [0.25, 0.3) is 11.3 Å². The molecule has 2 aromatic carbocycles. The zero-order chi connectivity index (χ0) is 24.3. The Labute approximate surface area is 203 Å². The fourth-order valence-corrected chi connectivity index (χ4v) is 5.95. The number of aromatic nitrogens is 1. The Balaban J connectivity index is 1.28. The number of amides is 1. The van der Waals surface area contributed by atoms with Crippen molar-refractivity contribution in [3.05, 3.63) is 64.5 Å². The number of aryl methyl sites for hydroxylation is 2. The van der Waals surface area contributed by atoms with Crippen LogP contribution in [0.1, 0.15) is 47.7 Å². The summed E-state index contributed by atoms with van der Waals surface area (Å²) in [7, 11) is -2.21. The van der Waals surface area contributed by atoms with E-state index < -0.39 is 10.0 Å². The van der Waals surface area contributed by atoms with Crippen LogP contribution in [0.15, 0.2) is 52.7 Å². The lowest BCUT2D eigenvalue weighted by atomic mass is 10.1. The van der Waals surface area contributed by atoms with Gasteiger partial charge in [-0.05, 0) is 61.9 Å². The molecule has 7 nitrogen and oxygen atoms in total. The molecule has 1 aliphatic carbocycles. The number of nitrogens with one attached hydrogen (secondary N) is 1. The maximum absolute atomic E-state index is 12.7. The lowest BCUT2D eigenvalue weighted by Gasteiger charge is -2.17. The monoisotopic (exact) mass is 497 g/mol. The van der Waals surface area contributed by atoms with Crippen molar-refractivity contribution < 1.29 is 18.0 Å². The van der Waals surface area contributed by atoms with E-state index in [-0.39, 0.29) is 29.6 Å². The van der Waals surface area contributed by atoms with Gasteiger partial charge in [0.25, 0.3) is 0 Å². The van der Waals surface area contributed by atoms with Gasteiger partial charge in [0.05, 0.1) is 10.6 Å². The lowest BCUT2D eigenvalue weighted by Crippen LogP contribution is -2.28. The van der Waals surface area contributed by atoms with Gasteiger partial charge in [-0.15, -0.1) is 11.3 Å². The highest BCUT2D eigenvalue weighted by Gasteiger charge is 2.21. The predicted octanol–water partition coefficient (Wildman–Crippen LogP) is 4.54. The first kappa shape index (κ1) is 24.3. The van der Waals surface area contributed by atoms with E-state index in [1.54, 1.807) is 0 Å². The van der Waals surface area contributed by atoms with Crippen LogP contribution in [0.3, 0.4) is 0 Å². The number of nitrogens with zero attached hydrogens (tertiary/aromatic N) is 2. The number of hydrogen-bond acceptors (Lipinski definition) is 6. The molecule has 1 aromatic heterocycles. The van der Waals surface area contributed by atoms with Crippen molar-refractivity contribution >= 4 is 38.2 Å². The number of thiazole rings is 1. The number of hydrogen-bond donors (Lipinski definition) is 1. The van der Waals surface area contributed by atoms with Crippen LogP contribution in [-0.4, -0.2) is 43.0 Å². The van der Waals surface area contributed by atoms with Gasteiger partial charge in [-0.3, -0.25) is 9.59 Å². The molecule has 178 valence electrons. The number of rotatable bonds is 9. The molecule has 0 fully saturated rings. The molecule has 0 saturated heterocycles. The molecule has 1 heterocycles. The summed E-state index contributed by atoms with van der Waals surface area (Å²) in [6.07, 6.45) is 3.98. The summed E-state index contributed by atoms with van der Waals surface area (Å²) in [6, 6.07) is 12.3. The Morgan fingerprint density at radius 3 is 2.56 bits per heavy atom. The van der Waals surface area contributed by atoms with Gasteiger partial charge in [0, 0.05) is 36.5 Å². The van der Waals surface area contributed by atoms with Crippen molar-refractivity contribution in [1.82, 2.24) is 9.29 Å². The van der Waals surface area contributed by atoms with E-state index in [0.717, 1.165) is 24.1 Å². The first-order valence-corrected chi connectivity index (χ1v) is 13.5. The zero-order valence-electron chi connectivity index (χ0n) is 19.2. The SMILES string of the molecule is CC(=O)c1ccc(S(=O)(=O)N(C)CCCC(=O)Nc2nc(-c3ccc4c(c3)CCC4)cs2)cc1. The lowest BCUT2D eigenvalue weighted by molar-refractivity contribution is -0.116. The molecule has 0 atom stereocenters. The molecule has 1 N–H and O–H groups in total. The third kappa shape index (κ3) is 5.43. The van der Waals surface area contributed by atoms with Crippen molar-refractivity contribution in [2.75, 3.05) is 18.9 Å². The molecule has 3 aromatic rings. The average molecular weight is 498 g/mol. The second kappa shape index (κ2) is 10.2. The minimum absolute atomic E-state index is 0.117. The molecule has 0 aliphatic heterocycles. The summed E-state index contributed by atoms with van der Waals surface area (Å²) in [5.41, 5.74) is 5.15. The maximum Gasteiger partial charge on any atom is 0.242 e. The van der Waals surface area contributed by atoms with Gasteiger partial charge < -0.3 is 5.32 Å². The number of anilines is 1. The molecule has 0 bridgehead atoms. The second-order valence-corrected chi connectivity index (χ2v) is 11.3. The van der Waals surface area contributed by atoms with Crippen LogP contribution in [-0.2, 0) is 27.7 Å². The van der Waals surface area contributed by atoms with E-state index in [4.69, 9.17) is 0 Å². The summed E-state index contributed by atoms with van der Waals surface area (Å²) in [4.78, 5) is 28.4. The van der Waals surface area contributed by atoms with Crippen LogP contribution < -0.4 is 5.32 Å². The summed E-state index contributed by atoms with van der Waals surface area (Å²) in [6.45, 7) is 1.63. The molecule has 4 rings (SSSR count). The molecule has 0 radical (unpaired) electrons. The van der Waals surface area contributed by atoms with E-state index in [1.165, 1.54) is 71.4 Å². The average Bonchev–Trinajstić information content (AvgIpc) is 3.48. The second-order valence-electron chi connectivity index (χ2n) is 8.43. The van der Waals surface area contributed by atoms with E-state index in [2.05, 4.69) is 28.5 Å². The van der Waals surface area contributed by atoms with Crippen molar-refractivity contribution in [1.29, 1.82) is 0 Å². The van der Waals surface area contributed by atoms with Crippen LogP contribution in [0, 0.1) is 0 Å². The van der Waals surface area contributed by atoms with Crippen molar-refractivity contribution in [3.8, 4) is 11.3 Å². The maximum atomic E-state index is 12.7. The fourth-order valence-electron chi connectivity index (χ4n) is 4.00. The summed E-state index contributed by atoms with van der Waals surface area (Å²) in [5, 5.41) is 5.28. The van der Waals surface area contributed by atoms with Gasteiger partial charge in [-0.2, -0.15) is 0 Å². The van der Waals surface area contributed by atoms with Crippen LogP contribution >= 0.6 is 11.3 Å². The topological polar surface area (TPSA) is 96.4 Å². The van der Waals surface area contributed by atoms with Crippen LogP contribution in [0.2, 0.25) is 0 Å². The van der Waals surface area contributed by atoms with E-state index in [1.807, 2.05) is 5.38 Å². The number of carbonyl (C=O) groups excluding carboxylic acids is 2. The zero-order valence-corrected chi connectivity index (χ0v) is 20.8. The number of ketones is 1.